The molecule has 3 N–H and O–H groups in total. The van der Waals surface area contributed by atoms with Gasteiger partial charge in [0.2, 0.25) is 0 Å². The van der Waals surface area contributed by atoms with Crippen molar-refractivity contribution in [3.05, 3.63) is 69.3 Å². The van der Waals surface area contributed by atoms with Crippen LogP contribution in [-0.4, -0.2) is 15.9 Å². The summed E-state index contributed by atoms with van der Waals surface area (Å²) >= 11 is 5.11. The molecule has 0 heterocycles. The van der Waals surface area contributed by atoms with E-state index in [4.69, 9.17) is 12.2 Å². The maximum atomic E-state index is 12.0. The zero-order chi connectivity index (χ0) is 17.7. The van der Waals surface area contributed by atoms with E-state index in [0.717, 1.165) is 16.8 Å². The Morgan fingerprint density at radius 1 is 1.08 bits per heavy atom. The average molecular weight is 344 g/mol. The van der Waals surface area contributed by atoms with Crippen molar-refractivity contribution in [2.45, 2.75) is 13.8 Å². The molecule has 0 atom stereocenters. The Labute approximate surface area is 144 Å². The maximum Gasteiger partial charge on any atom is 0.270 e. The van der Waals surface area contributed by atoms with Crippen LogP contribution in [0.5, 0.6) is 0 Å². The van der Waals surface area contributed by atoms with E-state index in [1.807, 2.05) is 32.0 Å². The Morgan fingerprint density at radius 2 is 1.75 bits per heavy atom. The number of thiocarbonyl (C=S) groups is 1. The van der Waals surface area contributed by atoms with Crippen molar-refractivity contribution in [1.82, 2.24) is 10.9 Å². The van der Waals surface area contributed by atoms with Gasteiger partial charge in [-0.1, -0.05) is 12.1 Å². The number of hydrogen-bond acceptors (Lipinski definition) is 4. The van der Waals surface area contributed by atoms with Crippen molar-refractivity contribution in [2.24, 2.45) is 0 Å². The smallest absolute Gasteiger partial charge is 0.270 e. The van der Waals surface area contributed by atoms with Gasteiger partial charge in [-0.25, -0.2) is 0 Å². The van der Waals surface area contributed by atoms with Gasteiger partial charge in [0.15, 0.2) is 5.11 Å². The lowest BCUT2D eigenvalue weighted by molar-refractivity contribution is -0.384. The lowest BCUT2D eigenvalue weighted by atomic mass is 10.1. The molecule has 2 aromatic rings. The van der Waals surface area contributed by atoms with Crippen LogP contribution in [0.2, 0.25) is 0 Å². The number of aryl methyl sites for hydroxylation is 2. The summed E-state index contributed by atoms with van der Waals surface area (Å²) < 4.78 is 0. The number of anilines is 1. The topological polar surface area (TPSA) is 96.3 Å². The molecule has 7 nitrogen and oxygen atoms in total. The van der Waals surface area contributed by atoms with Gasteiger partial charge in [-0.2, -0.15) is 0 Å². The van der Waals surface area contributed by atoms with Crippen LogP contribution >= 0.6 is 12.2 Å². The van der Waals surface area contributed by atoms with Gasteiger partial charge in [-0.15, -0.1) is 0 Å². The molecule has 124 valence electrons. The molecule has 0 spiro atoms. The molecule has 1 amide bonds. The Balaban J connectivity index is 1.95. The quantitative estimate of drug-likeness (QED) is 0.450. The number of carbonyl (C=O) groups excluding carboxylic acids is 1. The van der Waals surface area contributed by atoms with Crippen LogP contribution in [0.1, 0.15) is 21.5 Å². The second-order valence-electron chi connectivity index (χ2n) is 5.22. The fourth-order valence-electron chi connectivity index (χ4n) is 2.16. The average Bonchev–Trinajstić information content (AvgIpc) is 2.51. The molecule has 2 rings (SSSR count). The first-order valence-electron chi connectivity index (χ1n) is 7.05. The lowest BCUT2D eigenvalue weighted by Crippen LogP contribution is -2.43. The first kappa shape index (κ1) is 17.4. The molecule has 0 unspecified atom stereocenters. The second kappa shape index (κ2) is 7.51. The Kier molecular flexibility index (Phi) is 5.43. The van der Waals surface area contributed by atoms with E-state index in [1.165, 1.54) is 24.3 Å². The predicted octanol–water partition coefficient (Wildman–Crippen LogP) is 2.84. The van der Waals surface area contributed by atoms with E-state index < -0.39 is 10.8 Å². The minimum Gasteiger partial charge on any atom is -0.331 e. The first-order valence-corrected chi connectivity index (χ1v) is 7.46. The molecular formula is C16H16N4O3S. The summed E-state index contributed by atoms with van der Waals surface area (Å²) in [6.45, 7) is 3.94. The van der Waals surface area contributed by atoms with Gasteiger partial charge in [-0.05, 0) is 55.4 Å². The largest absolute Gasteiger partial charge is 0.331 e. The highest BCUT2D eigenvalue weighted by Gasteiger charge is 2.11. The number of nitro groups is 1. The molecule has 2 aromatic carbocycles. The van der Waals surface area contributed by atoms with E-state index in [0.29, 0.717) is 0 Å². The Morgan fingerprint density at radius 3 is 2.38 bits per heavy atom. The number of benzene rings is 2. The number of nitrogens with one attached hydrogen (secondary N) is 3. The molecule has 0 aliphatic carbocycles. The third-order valence-corrected chi connectivity index (χ3v) is 3.29. The Hall–Kier alpha value is -3.00. The highest BCUT2D eigenvalue weighted by Crippen LogP contribution is 2.14. The minimum absolute atomic E-state index is 0.154. The molecule has 0 aliphatic rings. The minimum atomic E-state index is -0.559. The second-order valence-corrected chi connectivity index (χ2v) is 5.63. The first-order chi connectivity index (χ1) is 11.3. The standard InChI is InChI=1S/C16H16N4O3S/c1-10-6-11(2)8-13(7-10)17-16(24)19-18-15(21)12-4-3-5-14(9-12)20(22)23/h3-9H,1-2H3,(H,18,21)(H2,17,19,24). The van der Waals surface area contributed by atoms with Crippen LogP contribution in [0.25, 0.3) is 0 Å². The zero-order valence-electron chi connectivity index (χ0n) is 13.1. The van der Waals surface area contributed by atoms with E-state index in [-0.39, 0.29) is 16.4 Å². The van der Waals surface area contributed by atoms with Crippen LogP contribution in [0.4, 0.5) is 11.4 Å². The summed E-state index contributed by atoms with van der Waals surface area (Å²) in [6, 6.07) is 11.3. The summed E-state index contributed by atoms with van der Waals surface area (Å²) in [6.07, 6.45) is 0. The van der Waals surface area contributed by atoms with E-state index in [2.05, 4.69) is 16.2 Å². The number of carbonyl (C=O) groups is 1. The zero-order valence-corrected chi connectivity index (χ0v) is 13.9. The number of nitrogens with zero attached hydrogens (tertiary/aromatic N) is 1. The molecule has 24 heavy (non-hydrogen) atoms. The molecule has 0 saturated carbocycles. The Bertz CT molecular complexity index is 787. The molecule has 0 aliphatic heterocycles. The van der Waals surface area contributed by atoms with Gasteiger partial charge in [0.1, 0.15) is 0 Å². The monoisotopic (exact) mass is 344 g/mol. The van der Waals surface area contributed by atoms with Crippen molar-refractivity contribution in [3.8, 4) is 0 Å². The highest BCUT2D eigenvalue weighted by atomic mass is 32.1. The van der Waals surface area contributed by atoms with Gasteiger partial charge >= 0.3 is 0 Å². The number of hydrogen-bond donors (Lipinski definition) is 3. The van der Waals surface area contributed by atoms with E-state index >= 15 is 0 Å². The third kappa shape index (κ3) is 4.75. The number of hydrazine groups is 1. The molecule has 0 aromatic heterocycles. The van der Waals surface area contributed by atoms with Crippen LogP contribution in [-0.2, 0) is 0 Å². The van der Waals surface area contributed by atoms with Crippen molar-refractivity contribution in [3.63, 3.8) is 0 Å². The summed E-state index contributed by atoms with van der Waals surface area (Å²) in [4.78, 5) is 22.2. The van der Waals surface area contributed by atoms with Crippen LogP contribution in [0.3, 0.4) is 0 Å². The van der Waals surface area contributed by atoms with E-state index in [9.17, 15) is 14.9 Å². The lowest BCUT2D eigenvalue weighted by Gasteiger charge is -2.12. The predicted molar refractivity (Wildman–Crippen MR) is 95.8 cm³/mol. The molecule has 0 radical (unpaired) electrons. The number of rotatable bonds is 3. The molecule has 0 bridgehead atoms. The SMILES string of the molecule is Cc1cc(C)cc(NC(=S)NNC(=O)c2cccc([N+](=O)[O-])c2)c1. The summed E-state index contributed by atoms with van der Waals surface area (Å²) in [5.41, 5.74) is 7.94. The summed E-state index contributed by atoms with van der Waals surface area (Å²) in [5.74, 6) is -0.525. The molecule has 8 heteroatoms. The van der Waals surface area contributed by atoms with Crippen molar-refractivity contribution < 1.29 is 9.72 Å². The van der Waals surface area contributed by atoms with Gasteiger partial charge in [0.05, 0.1) is 4.92 Å². The number of non-ortho nitro benzene ring substituents is 1. The van der Waals surface area contributed by atoms with Gasteiger partial charge < -0.3 is 5.32 Å². The third-order valence-electron chi connectivity index (χ3n) is 3.09. The van der Waals surface area contributed by atoms with Crippen molar-refractivity contribution in [2.75, 3.05) is 5.32 Å². The molecular weight excluding hydrogens is 328 g/mol. The fraction of sp³-hybridized carbons (Fsp3) is 0.125. The normalized spacial score (nSPS) is 9.92. The fourth-order valence-corrected chi connectivity index (χ4v) is 2.32. The summed E-state index contributed by atoms with van der Waals surface area (Å²) in [5, 5.41) is 13.9. The van der Waals surface area contributed by atoms with E-state index in [1.54, 1.807) is 0 Å². The van der Waals surface area contributed by atoms with Gasteiger partial charge in [0.25, 0.3) is 11.6 Å². The van der Waals surface area contributed by atoms with Crippen LogP contribution in [0, 0.1) is 24.0 Å². The van der Waals surface area contributed by atoms with Crippen LogP contribution in [0.15, 0.2) is 42.5 Å². The number of nitro benzene ring substituents is 1. The van der Waals surface area contributed by atoms with Gasteiger partial charge in [0, 0.05) is 23.4 Å². The number of amides is 1. The van der Waals surface area contributed by atoms with Crippen molar-refractivity contribution >= 4 is 34.6 Å². The highest BCUT2D eigenvalue weighted by molar-refractivity contribution is 7.80. The molecule has 0 fully saturated rings. The van der Waals surface area contributed by atoms with Crippen LogP contribution < -0.4 is 16.2 Å². The molecule has 0 saturated heterocycles. The van der Waals surface area contributed by atoms with Gasteiger partial charge in [-0.3, -0.25) is 25.8 Å². The van der Waals surface area contributed by atoms with Crippen molar-refractivity contribution in [1.29, 1.82) is 0 Å². The maximum absolute atomic E-state index is 12.0. The summed E-state index contributed by atoms with van der Waals surface area (Å²) in [7, 11) is 0.